The highest BCUT2D eigenvalue weighted by Gasteiger charge is 2.41. The Bertz CT molecular complexity index is 1580. The number of benzene rings is 2. The van der Waals surface area contributed by atoms with Crippen molar-refractivity contribution in [1.29, 1.82) is 5.26 Å². The van der Waals surface area contributed by atoms with Crippen molar-refractivity contribution in [3.63, 3.8) is 0 Å². The molecule has 1 aliphatic heterocycles. The van der Waals surface area contributed by atoms with Crippen molar-refractivity contribution in [1.82, 2.24) is 10.2 Å². The summed E-state index contributed by atoms with van der Waals surface area (Å²) in [5, 5.41) is 22.2. The van der Waals surface area contributed by atoms with Crippen LogP contribution in [0.25, 0.3) is 0 Å². The smallest absolute Gasteiger partial charge is 0.234 e. The summed E-state index contributed by atoms with van der Waals surface area (Å²) in [7, 11) is 0. The van der Waals surface area contributed by atoms with Crippen molar-refractivity contribution < 1.29 is 9.59 Å². The van der Waals surface area contributed by atoms with Crippen LogP contribution in [0.3, 0.4) is 0 Å². The number of aromatic nitrogens is 2. The first kappa shape index (κ1) is 26.7. The van der Waals surface area contributed by atoms with E-state index in [0.29, 0.717) is 39.9 Å². The molecule has 0 radical (unpaired) electrons. The monoisotopic (exact) mass is 556 g/mol. The third-order valence-electron chi connectivity index (χ3n) is 6.99. The highest BCUT2D eigenvalue weighted by Crippen LogP contribution is 2.47. The Labute approximate surface area is 235 Å². The minimum atomic E-state index is -0.509. The molecule has 3 aromatic rings. The number of ketones is 1. The Hall–Kier alpha value is -3.94. The number of carbonyl (C=O) groups is 2. The van der Waals surface area contributed by atoms with E-state index in [-0.39, 0.29) is 23.3 Å². The van der Waals surface area contributed by atoms with Crippen molar-refractivity contribution in [2.75, 3.05) is 16.0 Å². The highest BCUT2D eigenvalue weighted by atomic mass is 32.2. The summed E-state index contributed by atoms with van der Waals surface area (Å²) in [5.74, 6) is -0.205. The van der Waals surface area contributed by atoms with Gasteiger partial charge in [0.05, 0.1) is 23.3 Å². The standard InChI is InChI=1S/C29H28N6O2S2/c1-16-6-4-7-19(12-16)25-21(14-30)27(31)35(22-8-5-9-23(36)26(22)25)28-33-34-29(39-28)38-15-24(37)32-20-11-10-17(2)18(3)13-20/h4,6-7,10-13,25H,5,8-9,15,31H2,1-3H3,(H,32,37). The van der Waals surface area contributed by atoms with Gasteiger partial charge in [-0.05, 0) is 62.4 Å². The van der Waals surface area contributed by atoms with E-state index < -0.39 is 5.92 Å². The second kappa shape index (κ2) is 11.0. The number of carbonyl (C=O) groups excluding carboxylic acids is 2. The lowest BCUT2D eigenvalue weighted by Crippen LogP contribution is -2.38. The fourth-order valence-electron chi connectivity index (χ4n) is 4.98. The molecule has 39 heavy (non-hydrogen) atoms. The number of Topliss-reactive ketones (excluding diaryl/α,β-unsaturated/α-hetero) is 1. The minimum Gasteiger partial charge on any atom is -0.384 e. The normalized spacial score (nSPS) is 17.2. The van der Waals surface area contributed by atoms with Crippen LogP contribution in [0.1, 0.15) is 47.4 Å². The van der Waals surface area contributed by atoms with Gasteiger partial charge in [-0.25, -0.2) is 0 Å². The number of nitriles is 1. The van der Waals surface area contributed by atoms with Gasteiger partial charge in [0.25, 0.3) is 0 Å². The van der Waals surface area contributed by atoms with Crippen molar-refractivity contribution in [3.05, 3.63) is 87.4 Å². The van der Waals surface area contributed by atoms with Crippen molar-refractivity contribution in [2.24, 2.45) is 5.73 Å². The number of amides is 1. The van der Waals surface area contributed by atoms with Gasteiger partial charge in [-0.3, -0.25) is 14.5 Å². The Morgan fingerprint density at radius 2 is 2.00 bits per heavy atom. The number of nitrogens with one attached hydrogen (secondary N) is 1. The van der Waals surface area contributed by atoms with Crippen LogP contribution >= 0.6 is 23.1 Å². The molecule has 1 amide bonds. The largest absolute Gasteiger partial charge is 0.384 e. The van der Waals surface area contributed by atoms with Gasteiger partial charge < -0.3 is 11.1 Å². The van der Waals surface area contributed by atoms with Gasteiger partial charge in [0.15, 0.2) is 10.1 Å². The zero-order valence-electron chi connectivity index (χ0n) is 21.9. The molecule has 5 rings (SSSR count). The van der Waals surface area contributed by atoms with Crippen LogP contribution in [0.5, 0.6) is 0 Å². The van der Waals surface area contributed by atoms with Gasteiger partial charge in [-0.15, -0.1) is 10.2 Å². The van der Waals surface area contributed by atoms with Crippen molar-refractivity contribution >= 4 is 45.6 Å². The molecule has 0 saturated carbocycles. The second-order valence-corrected chi connectivity index (χ2v) is 11.9. The fraction of sp³-hybridized carbons (Fsp3) is 0.276. The first-order chi connectivity index (χ1) is 18.8. The maximum atomic E-state index is 13.3. The number of aryl methyl sites for hydroxylation is 3. The van der Waals surface area contributed by atoms with E-state index in [1.165, 1.54) is 23.1 Å². The van der Waals surface area contributed by atoms with E-state index in [1.807, 2.05) is 63.2 Å². The molecule has 0 spiro atoms. The zero-order chi connectivity index (χ0) is 27.7. The molecule has 0 fully saturated rings. The van der Waals surface area contributed by atoms with E-state index in [2.05, 4.69) is 21.6 Å². The zero-order valence-corrected chi connectivity index (χ0v) is 23.6. The quantitative estimate of drug-likeness (QED) is 0.382. The second-order valence-electron chi connectivity index (χ2n) is 9.72. The van der Waals surface area contributed by atoms with Gasteiger partial charge in [0.2, 0.25) is 11.0 Å². The van der Waals surface area contributed by atoms with Crippen LogP contribution < -0.4 is 16.0 Å². The molecule has 1 aromatic heterocycles. The lowest BCUT2D eigenvalue weighted by Gasteiger charge is -2.38. The number of hydrogen-bond acceptors (Lipinski definition) is 9. The van der Waals surface area contributed by atoms with E-state index in [0.717, 1.165) is 33.6 Å². The van der Waals surface area contributed by atoms with E-state index in [9.17, 15) is 14.9 Å². The summed E-state index contributed by atoms with van der Waals surface area (Å²) in [6.07, 6.45) is 1.77. The van der Waals surface area contributed by atoms with Crippen LogP contribution in [0, 0.1) is 32.1 Å². The fourth-order valence-corrected chi connectivity index (χ4v) is 6.66. The molecule has 0 saturated heterocycles. The molecule has 1 unspecified atom stereocenters. The third-order valence-corrected chi connectivity index (χ3v) is 9.03. The molecular weight excluding hydrogens is 528 g/mol. The average Bonchev–Trinajstić information content (AvgIpc) is 3.37. The van der Waals surface area contributed by atoms with Crippen LogP contribution in [0.2, 0.25) is 0 Å². The van der Waals surface area contributed by atoms with Crippen LogP contribution in [0.4, 0.5) is 10.8 Å². The van der Waals surface area contributed by atoms with Crippen LogP contribution in [-0.4, -0.2) is 27.6 Å². The molecule has 0 bridgehead atoms. The number of nitrogens with two attached hydrogens (primary N) is 1. The number of allylic oxidation sites excluding steroid dienone is 3. The number of anilines is 2. The van der Waals surface area contributed by atoms with Crippen LogP contribution in [-0.2, 0) is 9.59 Å². The maximum absolute atomic E-state index is 13.3. The highest BCUT2D eigenvalue weighted by molar-refractivity contribution is 8.01. The van der Waals surface area contributed by atoms with Gasteiger partial charge >= 0.3 is 0 Å². The lowest BCUT2D eigenvalue weighted by molar-refractivity contribution is -0.116. The number of nitrogens with zero attached hydrogens (tertiary/aromatic N) is 4. The van der Waals surface area contributed by atoms with E-state index in [4.69, 9.17) is 5.73 Å². The summed E-state index contributed by atoms with van der Waals surface area (Å²) in [6, 6.07) is 15.9. The van der Waals surface area contributed by atoms with Gasteiger partial charge in [-0.1, -0.05) is 59.0 Å². The molecule has 1 aliphatic carbocycles. The van der Waals surface area contributed by atoms with Gasteiger partial charge in [0.1, 0.15) is 5.82 Å². The number of hydrogen-bond donors (Lipinski definition) is 2. The number of thioether (sulfide) groups is 1. The van der Waals surface area contributed by atoms with E-state index >= 15 is 0 Å². The molecular formula is C29H28N6O2S2. The molecule has 198 valence electrons. The Balaban J connectivity index is 1.41. The summed E-state index contributed by atoms with van der Waals surface area (Å²) in [5.41, 5.74) is 13.3. The minimum absolute atomic E-state index is 0.0233. The Morgan fingerprint density at radius 3 is 2.74 bits per heavy atom. The molecule has 2 aromatic carbocycles. The SMILES string of the molecule is Cc1cccc(C2C(C#N)=C(N)N(c3nnc(SCC(=O)Nc4ccc(C)c(C)c4)s3)C3=C2C(=O)CCC3)c1. The summed E-state index contributed by atoms with van der Waals surface area (Å²) in [4.78, 5) is 27.5. The van der Waals surface area contributed by atoms with Crippen molar-refractivity contribution in [3.8, 4) is 6.07 Å². The number of rotatable bonds is 6. The van der Waals surface area contributed by atoms with Crippen LogP contribution in [0.15, 0.2) is 69.5 Å². The molecule has 2 heterocycles. The molecule has 2 aliphatic rings. The molecule has 10 heteroatoms. The summed E-state index contributed by atoms with van der Waals surface area (Å²) >= 11 is 2.56. The lowest BCUT2D eigenvalue weighted by atomic mass is 9.75. The first-order valence-corrected chi connectivity index (χ1v) is 14.4. The molecule has 3 N–H and O–H groups in total. The Kier molecular flexibility index (Phi) is 7.55. The first-order valence-electron chi connectivity index (χ1n) is 12.6. The predicted molar refractivity (Wildman–Crippen MR) is 154 cm³/mol. The predicted octanol–water partition coefficient (Wildman–Crippen LogP) is 5.50. The Morgan fingerprint density at radius 1 is 1.18 bits per heavy atom. The molecule has 1 atom stereocenters. The molecule has 8 nitrogen and oxygen atoms in total. The maximum Gasteiger partial charge on any atom is 0.234 e. The van der Waals surface area contributed by atoms with Crippen molar-refractivity contribution in [2.45, 2.75) is 50.3 Å². The summed E-state index contributed by atoms with van der Waals surface area (Å²) in [6.45, 7) is 6.02. The summed E-state index contributed by atoms with van der Waals surface area (Å²) < 4.78 is 0.594. The third kappa shape index (κ3) is 5.33. The van der Waals surface area contributed by atoms with E-state index in [1.54, 1.807) is 4.90 Å². The average molecular weight is 557 g/mol. The van der Waals surface area contributed by atoms with Gasteiger partial charge in [0, 0.05) is 23.4 Å². The topological polar surface area (TPSA) is 125 Å². The van der Waals surface area contributed by atoms with Gasteiger partial charge in [-0.2, -0.15) is 5.26 Å².